The number of ether oxygens (including phenoxy) is 1. The number of nitrogens with one attached hydrogen (secondary N) is 1. The highest BCUT2D eigenvalue weighted by Gasteiger charge is 2.23. The van der Waals surface area contributed by atoms with Crippen LogP contribution in [0.15, 0.2) is 48.5 Å². The van der Waals surface area contributed by atoms with E-state index in [0.717, 1.165) is 21.9 Å². The van der Waals surface area contributed by atoms with Crippen molar-refractivity contribution >= 4 is 21.6 Å². The predicted molar refractivity (Wildman–Crippen MR) is 126 cm³/mol. The summed E-state index contributed by atoms with van der Waals surface area (Å²) in [7, 11) is -3.62. The van der Waals surface area contributed by atoms with Gasteiger partial charge in [0, 0.05) is 0 Å². The van der Waals surface area contributed by atoms with Crippen LogP contribution in [0.3, 0.4) is 0 Å². The Morgan fingerprint density at radius 3 is 2.23 bits per heavy atom. The first-order chi connectivity index (χ1) is 14.4. The van der Waals surface area contributed by atoms with Crippen molar-refractivity contribution in [2.24, 2.45) is 0 Å². The summed E-state index contributed by atoms with van der Waals surface area (Å²) in [6.45, 7) is 10.7. The number of anilines is 1. The number of rotatable bonds is 9. The van der Waals surface area contributed by atoms with Crippen LogP contribution < -0.4 is 14.4 Å². The van der Waals surface area contributed by atoms with E-state index in [-0.39, 0.29) is 30.3 Å². The number of sulfonamides is 1. The highest BCUT2D eigenvalue weighted by atomic mass is 32.2. The molecule has 0 aromatic heterocycles. The number of carbonyl (C=O) groups excluding carboxylic acids is 1. The highest BCUT2D eigenvalue weighted by Crippen LogP contribution is 2.28. The number of para-hydroxylation sites is 1. The maximum atomic E-state index is 12.4. The summed E-state index contributed by atoms with van der Waals surface area (Å²) < 4.78 is 31.6. The molecule has 0 fully saturated rings. The molecule has 1 amide bonds. The van der Waals surface area contributed by atoms with Crippen LogP contribution in [-0.2, 0) is 20.2 Å². The molecule has 0 aliphatic rings. The van der Waals surface area contributed by atoms with Gasteiger partial charge in [-0.3, -0.25) is 9.10 Å². The number of nitrogens with zero attached hydrogens (tertiary/aromatic N) is 1. The molecule has 0 heterocycles. The molecule has 0 saturated carbocycles. The van der Waals surface area contributed by atoms with E-state index < -0.39 is 10.0 Å². The molecule has 0 spiro atoms. The summed E-state index contributed by atoms with van der Waals surface area (Å²) in [5.41, 5.74) is 2.70. The normalized spacial score (nSPS) is 12.0. The lowest BCUT2D eigenvalue weighted by molar-refractivity contribution is -0.119. The first-order valence-electron chi connectivity index (χ1n) is 10.5. The van der Waals surface area contributed by atoms with E-state index >= 15 is 0 Å². The number of hydrogen-bond acceptors (Lipinski definition) is 4. The van der Waals surface area contributed by atoms with Crippen molar-refractivity contribution in [1.29, 1.82) is 0 Å². The molecule has 0 aliphatic heterocycles. The predicted octanol–water partition coefficient (Wildman–Crippen LogP) is 4.07. The minimum absolute atomic E-state index is 0.0756. The van der Waals surface area contributed by atoms with Crippen LogP contribution in [0.1, 0.15) is 51.7 Å². The van der Waals surface area contributed by atoms with Crippen molar-refractivity contribution in [1.82, 2.24) is 5.32 Å². The summed E-state index contributed by atoms with van der Waals surface area (Å²) in [6.07, 6.45) is 1.11. The van der Waals surface area contributed by atoms with Gasteiger partial charge in [-0.05, 0) is 40.7 Å². The van der Waals surface area contributed by atoms with Gasteiger partial charge < -0.3 is 10.1 Å². The average Bonchev–Trinajstić information content (AvgIpc) is 2.68. The van der Waals surface area contributed by atoms with Gasteiger partial charge in [-0.15, -0.1) is 0 Å². The van der Waals surface area contributed by atoms with Crippen LogP contribution in [0.4, 0.5) is 5.69 Å². The van der Waals surface area contributed by atoms with E-state index in [1.807, 2.05) is 50.2 Å². The van der Waals surface area contributed by atoms with E-state index in [9.17, 15) is 13.2 Å². The van der Waals surface area contributed by atoms with Gasteiger partial charge in [0.15, 0.2) is 0 Å². The average molecular weight is 447 g/mol. The molecule has 7 heteroatoms. The van der Waals surface area contributed by atoms with Crippen molar-refractivity contribution in [2.45, 2.75) is 46.0 Å². The lowest BCUT2D eigenvalue weighted by Gasteiger charge is -2.25. The first kappa shape index (κ1) is 24.7. The molecule has 2 aromatic rings. The zero-order valence-electron chi connectivity index (χ0n) is 19.3. The minimum Gasteiger partial charge on any atom is -0.492 e. The SMILES string of the molecule is CC(C)c1ccccc1N(CC(=O)NCCOc1ccc(C(C)(C)C)cc1)S(C)(=O)=O. The zero-order valence-corrected chi connectivity index (χ0v) is 20.1. The number of carbonyl (C=O) groups is 1. The smallest absolute Gasteiger partial charge is 0.240 e. The van der Waals surface area contributed by atoms with Crippen LogP contribution in [0.25, 0.3) is 0 Å². The quantitative estimate of drug-likeness (QED) is 0.589. The second kappa shape index (κ2) is 10.2. The van der Waals surface area contributed by atoms with E-state index in [1.165, 1.54) is 5.56 Å². The summed E-state index contributed by atoms with van der Waals surface area (Å²) in [5.74, 6) is 0.475. The van der Waals surface area contributed by atoms with Crippen molar-refractivity contribution in [3.8, 4) is 5.75 Å². The van der Waals surface area contributed by atoms with Gasteiger partial charge in [0.2, 0.25) is 15.9 Å². The maximum absolute atomic E-state index is 12.4. The minimum atomic E-state index is -3.62. The Kier molecular flexibility index (Phi) is 8.12. The molecule has 170 valence electrons. The molecule has 0 radical (unpaired) electrons. The molecule has 0 bridgehead atoms. The molecule has 0 aliphatic carbocycles. The van der Waals surface area contributed by atoms with Crippen molar-refractivity contribution in [3.63, 3.8) is 0 Å². The van der Waals surface area contributed by atoms with Crippen LogP contribution in [0.2, 0.25) is 0 Å². The Morgan fingerprint density at radius 1 is 1.06 bits per heavy atom. The van der Waals surface area contributed by atoms with E-state index in [0.29, 0.717) is 12.3 Å². The third-order valence-electron chi connectivity index (χ3n) is 4.93. The second-order valence-electron chi connectivity index (χ2n) is 8.96. The van der Waals surface area contributed by atoms with Gasteiger partial charge in [0.1, 0.15) is 18.9 Å². The lowest BCUT2D eigenvalue weighted by atomic mass is 9.87. The summed E-state index contributed by atoms with van der Waals surface area (Å²) >= 11 is 0. The summed E-state index contributed by atoms with van der Waals surface area (Å²) in [5, 5.41) is 2.74. The van der Waals surface area contributed by atoms with Crippen molar-refractivity contribution in [2.75, 3.05) is 30.3 Å². The molecule has 1 N–H and O–H groups in total. The topological polar surface area (TPSA) is 75.7 Å². The number of hydrogen-bond donors (Lipinski definition) is 1. The fourth-order valence-electron chi connectivity index (χ4n) is 3.18. The largest absolute Gasteiger partial charge is 0.492 e. The molecular weight excluding hydrogens is 412 g/mol. The lowest BCUT2D eigenvalue weighted by Crippen LogP contribution is -2.41. The van der Waals surface area contributed by atoms with Crippen molar-refractivity contribution < 1.29 is 17.9 Å². The summed E-state index contributed by atoms with van der Waals surface area (Å²) in [4.78, 5) is 12.4. The Balaban J connectivity index is 1.94. The van der Waals surface area contributed by atoms with Gasteiger partial charge in [0.25, 0.3) is 0 Å². The second-order valence-corrected chi connectivity index (χ2v) is 10.9. The fourth-order valence-corrected chi connectivity index (χ4v) is 4.06. The van der Waals surface area contributed by atoms with Crippen LogP contribution in [0, 0.1) is 0 Å². The number of amides is 1. The Bertz CT molecular complexity index is 977. The van der Waals surface area contributed by atoms with Gasteiger partial charge in [0.05, 0.1) is 18.5 Å². The third-order valence-corrected chi connectivity index (χ3v) is 6.05. The molecule has 2 rings (SSSR count). The monoisotopic (exact) mass is 446 g/mol. The molecule has 6 nitrogen and oxygen atoms in total. The Labute approximate surface area is 186 Å². The highest BCUT2D eigenvalue weighted by molar-refractivity contribution is 7.92. The van der Waals surface area contributed by atoms with E-state index in [4.69, 9.17) is 4.74 Å². The summed E-state index contributed by atoms with van der Waals surface area (Å²) in [6, 6.07) is 15.1. The Morgan fingerprint density at radius 2 is 1.68 bits per heavy atom. The van der Waals surface area contributed by atoms with Gasteiger partial charge in [-0.1, -0.05) is 65.0 Å². The van der Waals surface area contributed by atoms with E-state index in [1.54, 1.807) is 12.1 Å². The fraction of sp³-hybridized carbons (Fsp3) is 0.458. The molecule has 0 unspecified atom stereocenters. The van der Waals surface area contributed by atoms with Gasteiger partial charge in [-0.2, -0.15) is 0 Å². The maximum Gasteiger partial charge on any atom is 0.240 e. The molecule has 31 heavy (non-hydrogen) atoms. The first-order valence-corrected chi connectivity index (χ1v) is 12.3. The Hall–Kier alpha value is -2.54. The van der Waals surface area contributed by atoms with Crippen LogP contribution in [-0.4, -0.2) is 40.3 Å². The number of benzene rings is 2. The molecular formula is C24H34N2O4S. The standard InChI is InChI=1S/C24H34N2O4S/c1-18(2)21-9-7-8-10-22(21)26(31(6,28)29)17-23(27)25-15-16-30-20-13-11-19(12-14-20)24(3,4)5/h7-14,18H,15-17H2,1-6H3,(H,25,27). The third kappa shape index (κ3) is 7.28. The molecule has 0 saturated heterocycles. The molecule has 2 aromatic carbocycles. The van der Waals surface area contributed by atoms with Crippen LogP contribution >= 0.6 is 0 Å². The van der Waals surface area contributed by atoms with E-state index in [2.05, 4.69) is 26.1 Å². The molecule has 0 atom stereocenters. The zero-order chi connectivity index (χ0) is 23.2. The van der Waals surface area contributed by atoms with Gasteiger partial charge in [-0.25, -0.2) is 8.42 Å². The van der Waals surface area contributed by atoms with Gasteiger partial charge >= 0.3 is 0 Å². The van der Waals surface area contributed by atoms with Crippen LogP contribution in [0.5, 0.6) is 5.75 Å². The van der Waals surface area contributed by atoms with Crippen molar-refractivity contribution in [3.05, 3.63) is 59.7 Å².